The highest BCUT2D eigenvalue weighted by molar-refractivity contribution is 6.06. The molecule has 0 saturated heterocycles. The van der Waals surface area contributed by atoms with E-state index in [0.717, 1.165) is 12.5 Å². The van der Waals surface area contributed by atoms with Crippen LogP contribution in [0.3, 0.4) is 0 Å². The second-order valence-corrected chi connectivity index (χ2v) is 6.88. The van der Waals surface area contributed by atoms with Crippen LogP contribution in [-0.4, -0.2) is 36.7 Å². The third-order valence-corrected chi connectivity index (χ3v) is 4.72. The molecule has 0 amide bonds. The third kappa shape index (κ3) is 4.38. The SMILES string of the molecule is CCCc1c2nc(C(=O)OCC)cc(NCC)c2cc2c(=O)cc(C(=O)OCC)oc12. The number of hydrogen-bond acceptors (Lipinski definition) is 8. The van der Waals surface area contributed by atoms with Crippen LogP contribution in [-0.2, 0) is 15.9 Å². The summed E-state index contributed by atoms with van der Waals surface area (Å²) in [5.74, 6) is -1.40. The number of aromatic nitrogens is 1. The monoisotopic (exact) mass is 426 g/mol. The number of hydrogen-bond donors (Lipinski definition) is 1. The number of benzene rings is 1. The van der Waals surface area contributed by atoms with Crippen molar-refractivity contribution in [2.75, 3.05) is 25.1 Å². The standard InChI is InChI=1S/C23H26N2O6/c1-5-9-13-20-14(16(24-6-2)11-17(25-20)22(27)29-7-3)10-15-18(26)12-19(31-21(13)15)23(28)30-8-4/h10-12H,5-9H2,1-4H3,(H,24,25). The lowest BCUT2D eigenvalue weighted by Crippen LogP contribution is -2.13. The van der Waals surface area contributed by atoms with E-state index in [-0.39, 0.29) is 35.7 Å². The smallest absolute Gasteiger partial charge is 0.374 e. The number of carbonyl (C=O) groups is 2. The van der Waals surface area contributed by atoms with E-state index >= 15 is 0 Å². The van der Waals surface area contributed by atoms with E-state index < -0.39 is 11.9 Å². The van der Waals surface area contributed by atoms with Gasteiger partial charge in [-0.3, -0.25) is 4.79 Å². The maximum absolute atomic E-state index is 12.9. The summed E-state index contributed by atoms with van der Waals surface area (Å²) in [5, 5.41) is 4.27. The largest absolute Gasteiger partial charge is 0.461 e. The van der Waals surface area contributed by atoms with Crippen molar-refractivity contribution < 1.29 is 23.5 Å². The topological polar surface area (TPSA) is 108 Å². The summed E-state index contributed by atoms with van der Waals surface area (Å²) in [7, 11) is 0. The van der Waals surface area contributed by atoms with Gasteiger partial charge in [-0.1, -0.05) is 13.3 Å². The number of rotatable bonds is 8. The van der Waals surface area contributed by atoms with E-state index in [1.165, 1.54) is 0 Å². The minimum absolute atomic E-state index is 0.158. The summed E-state index contributed by atoms with van der Waals surface area (Å²) in [6, 6.07) is 4.46. The van der Waals surface area contributed by atoms with Crippen LogP contribution in [0.15, 0.2) is 27.4 Å². The minimum atomic E-state index is -0.703. The highest BCUT2D eigenvalue weighted by atomic mass is 16.5. The molecule has 0 fully saturated rings. The second-order valence-electron chi connectivity index (χ2n) is 6.88. The molecule has 31 heavy (non-hydrogen) atoms. The summed E-state index contributed by atoms with van der Waals surface area (Å²) in [6.07, 6.45) is 1.28. The zero-order valence-corrected chi connectivity index (χ0v) is 18.2. The van der Waals surface area contributed by atoms with Gasteiger partial charge in [0.05, 0.1) is 24.1 Å². The van der Waals surface area contributed by atoms with E-state index in [2.05, 4.69) is 10.3 Å². The van der Waals surface area contributed by atoms with E-state index in [0.29, 0.717) is 40.5 Å². The number of ether oxygens (including phenoxy) is 2. The molecular weight excluding hydrogens is 400 g/mol. The molecule has 0 aliphatic rings. The van der Waals surface area contributed by atoms with Gasteiger partial charge < -0.3 is 19.2 Å². The first-order chi connectivity index (χ1) is 14.9. The van der Waals surface area contributed by atoms with Crippen molar-refractivity contribution >= 4 is 39.5 Å². The summed E-state index contributed by atoms with van der Waals surface area (Å²) >= 11 is 0. The number of fused-ring (bicyclic) bond motifs is 2. The Morgan fingerprint density at radius 2 is 1.71 bits per heavy atom. The number of esters is 2. The van der Waals surface area contributed by atoms with Crippen molar-refractivity contribution in [2.45, 2.75) is 40.5 Å². The molecule has 2 heterocycles. The lowest BCUT2D eigenvalue weighted by Gasteiger charge is -2.15. The Kier molecular flexibility index (Phi) is 6.89. The third-order valence-electron chi connectivity index (χ3n) is 4.72. The summed E-state index contributed by atoms with van der Waals surface area (Å²) in [5.41, 5.74) is 1.94. The fraction of sp³-hybridized carbons (Fsp3) is 0.391. The fourth-order valence-electron chi connectivity index (χ4n) is 3.48. The molecule has 0 radical (unpaired) electrons. The number of aryl methyl sites for hydroxylation is 1. The first-order valence-corrected chi connectivity index (χ1v) is 10.5. The molecule has 0 saturated carbocycles. The van der Waals surface area contributed by atoms with Crippen LogP contribution in [0.25, 0.3) is 21.9 Å². The van der Waals surface area contributed by atoms with Gasteiger partial charge in [0, 0.05) is 29.2 Å². The van der Waals surface area contributed by atoms with Gasteiger partial charge in [0.15, 0.2) is 11.1 Å². The molecule has 0 spiro atoms. The van der Waals surface area contributed by atoms with E-state index in [1.54, 1.807) is 26.0 Å². The van der Waals surface area contributed by atoms with Crippen molar-refractivity contribution in [2.24, 2.45) is 0 Å². The molecular formula is C23H26N2O6. The first-order valence-electron chi connectivity index (χ1n) is 10.5. The number of nitrogens with zero attached hydrogens (tertiary/aromatic N) is 1. The molecule has 0 unspecified atom stereocenters. The maximum Gasteiger partial charge on any atom is 0.374 e. The van der Waals surface area contributed by atoms with Crippen LogP contribution in [0, 0.1) is 0 Å². The average molecular weight is 426 g/mol. The number of anilines is 1. The molecule has 2 aromatic heterocycles. The number of pyridine rings is 1. The lowest BCUT2D eigenvalue weighted by atomic mass is 9.99. The van der Waals surface area contributed by atoms with Crippen molar-refractivity contribution in [3.63, 3.8) is 0 Å². The molecule has 1 N–H and O–H groups in total. The van der Waals surface area contributed by atoms with Crippen molar-refractivity contribution in [3.8, 4) is 0 Å². The van der Waals surface area contributed by atoms with E-state index in [1.807, 2.05) is 13.8 Å². The Bertz CT molecular complexity index is 1200. The Morgan fingerprint density at radius 1 is 1.00 bits per heavy atom. The molecule has 0 atom stereocenters. The molecule has 3 aromatic rings. The quantitative estimate of drug-likeness (QED) is 0.424. The Morgan fingerprint density at radius 3 is 2.35 bits per heavy atom. The molecule has 164 valence electrons. The Balaban J connectivity index is 2.41. The number of nitrogens with one attached hydrogen (secondary N) is 1. The van der Waals surface area contributed by atoms with Crippen LogP contribution in [0.4, 0.5) is 5.69 Å². The lowest BCUT2D eigenvalue weighted by molar-refractivity contribution is 0.0488. The van der Waals surface area contributed by atoms with E-state index in [4.69, 9.17) is 13.9 Å². The predicted octanol–water partition coefficient (Wildman–Crippen LogP) is 4.08. The van der Waals surface area contributed by atoms with Gasteiger partial charge in [0.25, 0.3) is 0 Å². The molecule has 3 rings (SSSR count). The Labute approximate surface area is 179 Å². The van der Waals surface area contributed by atoms with Crippen molar-refractivity contribution in [1.29, 1.82) is 0 Å². The van der Waals surface area contributed by atoms with Gasteiger partial charge in [-0.15, -0.1) is 0 Å². The first kappa shape index (κ1) is 22.3. The summed E-state index contributed by atoms with van der Waals surface area (Å²) < 4.78 is 16.0. The minimum Gasteiger partial charge on any atom is -0.461 e. The van der Waals surface area contributed by atoms with Gasteiger partial charge in [-0.2, -0.15) is 0 Å². The van der Waals surface area contributed by atoms with Crippen molar-refractivity contribution in [1.82, 2.24) is 4.98 Å². The van der Waals surface area contributed by atoms with Crippen molar-refractivity contribution in [3.05, 3.63) is 45.4 Å². The van der Waals surface area contributed by atoms with Crippen LogP contribution in [0.2, 0.25) is 0 Å². The zero-order chi connectivity index (χ0) is 22.5. The van der Waals surface area contributed by atoms with Crippen LogP contribution in [0.1, 0.15) is 60.7 Å². The molecule has 0 aliphatic heterocycles. The highest BCUT2D eigenvalue weighted by Crippen LogP contribution is 2.33. The van der Waals surface area contributed by atoms with Gasteiger partial charge in [0.1, 0.15) is 5.58 Å². The molecule has 0 bridgehead atoms. The summed E-state index contributed by atoms with van der Waals surface area (Å²) in [6.45, 7) is 8.33. The van der Waals surface area contributed by atoms with Crippen LogP contribution in [0.5, 0.6) is 0 Å². The van der Waals surface area contributed by atoms with Gasteiger partial charge in [-0.25, -0.2) is 14.6 Å². The van der Waals surface area contributed by atoms with Crippen LogP contribution >= 0.6 is 0 Å². The molecule has 0 aliphatic carbocycles. The Hall–Kier alpha value is -3.42. The van der Waals surface area contributed by atoms with Gasteiger partial charge >= 0.3 is 11.9 Å². The number of carbonyl (C=O) groups excluding carboxylic acids is 2. The van der Waals surface area contributed by atoms with E-state index in [9.17, 15) is 14.4 Å². The average Bonchev–Trinajstić information content (AvgIpc) is 2.74. The van der Waals surface area contributed by atoms with Gasteiger partial charge in [-0.05, 0) is 39.3 Å². The highest BCUT2D eigenvalue weighted by Gasteiger charge is 2.21. The fourth-order valence-corrected chi connectivity index (χ4v) is 3.48. The van der Waals surface area contributed by atoms with Crippen LogP contribution < -0.4 is 10.7 Å². The normalized spacial score (nSPS) is 11.0. The predicted molar refractivity (Wildman–Crippen MR) is 118 cm³/mol. The summed E-state index contributed by atoms with van der Waals surface area (Å²) in [4.78, 5) is 42.0. The molecule has 1 aromatic carbocycles. The zero-order valence-electron chi connectivity index (χ0n) is 18.2. The van der Waals surface area contributed by atoms with Gasteiger partial charge in [0.2, 0.25) is 5.76 Å². The molecule has 8 nitrogen and oxygen atoms in total. The maximum atomic E-state index is 12.9. The second kappa shape index (κ2) is 9.59. The molecule has 8 heteroatoms.